The van der Waals surface area contributed by atoms with Crippen LogP contribution in [0.4, 0.5) is 4.79 Å². The molecule has 5 heteroatoms. The molecule has 1 heterocycles. The lowest BCUT2D eigenvalue weighted by molar-refractivity contribution is -0.117. The number of carbonyl (C=O) groups is 2. The van der Waals surface area contributed by atoms with Crippen LogP contribution in [-0.4, -0.2) is 42.1 Å². The van der Waals surface area contributed by atoms with Crippen LogP contribution in [-0.2, 0) is 22.4 Å². The molecule has 1 aromatic carbocycles. The Labute approximate surface area is 137 Å². The Hall–Kier alpha value is -2.04. The minimum atomic E-state index is -0.962. The number of nitrogens with zero attached hydrogens (tertiary/aromatic N) is 1. The number of fused-ring (bicyclic) bond motifs is 1. The number of rotatable bonds is 4. The number of carbonyl (C=O) groups excluding carboxylic acids is 2. The molecule has 0 radical (unpaired) electrons. The van der Waals surface area contributed by atoms with Crippen molar-refractivity contribution in [1.29, 1.82) is 0 Å². The van der Waals surface area contributed by atoms with Gasteiger partial charge in [0.05, 0.1) is 6.61 Å². The van der Waals surface area contributed by atoms with Gasteiger partial charge in [-0.1, -0.05) is 12.1 Å². The summed E-state index contributed by atoms with van der Waals surface area (Å²) in [6.07, 6.45) is 1.61. The lowest BCUT2D eigenvalue weighted by Crippen LogP contribution is -2.51. The van der Waals surface area contributed by atoms with E-state index in [2.05, 4.69) is 0 Å². The van der Waals surface area contributed by atoms with Crippen LogP contribution in [0, 0.1) is 0 Å². The van der Waals surface area contributed by atoms with Gasteiger partial charge in [-0.15, -0.1) is 0 Å². The second kappa shape index (κ2) is 6.22. The van der Waals surface area contributed by atoms with E-state index in [-0.39, 0.29) is 0 Å². The molecule has 0 saturated carbocycles. The van der Waals surface area contributed by atoms with Crippen LogP contribution in [0.15, 0.2) is 18.2 Å². The highest BCUT2D eigenvalue weighted by Crippen LogP contribution is 2.28. The molecule has 0 aromatic heterocycles. The third-order valence-electron chi connectivity index (χ3n) is 4.00. The Morgan fingerprint density at radius 1 is 1.35 bits per heavy atom. The van der Waals surface area contributed by atoms with Crippen LogP contribution < -0.4 is 4.74 Å². The summed E-state index contributed by atoms with van der Waals surface area (Å²) in [4.78, 5) is 25.3. The fraction of sp³-hybridized carbons (Fsp3) is 0.556. The van der Waals surface area contributed by atoms with Gasteiger partial charge in [-0.3, -0.25) is 4.90 Å². The van der Waals surface area contributed by atoms with Crippen molar-refractivity contribution in [3.8, 4) is 5.75 Å². The van der Waals surface area contributed by atoms with Gasteiger partial charge in [-0.2, -0.15) is 0 Å². The zero-order valence-electron chi connectivity index (χ0n) is 14.5. The van der Waals surface area contributed by atoms with Crippen molar-refractivity contribution in [1.82, 2.24) is 4.90 Å². The highest BCUT2D eigenvalue weighted by atomic mass is 16.6. The molecule has 0 saturated heterocycles. The van der Waals surface area contributed by atoms with Crippen molar-refractivity contribution in [2.24, 2.45) is 0 Å². The Bertz CT molecular complexity index is 606. The maximum Gasteiger partial charge on any atom is 0.410 e. The summed E-state index contributed by atoms with van der Waals surface area (Å²) in [5.41, 5.74) is 0.589. The van der Waals surface area contributed by atoms with Crippen molar-refractivity contribution in [2.45, 2.75) is 51.7 Å². The topological polar surface area (TPSA) is 55.8 Å². The molecule has 1 aliphatic rings. The van der Waals surface area contributed by atoms with Crippen molar-refractivity contribution in [3.05, 3.63) is 29.3 Å². The Morgan fingerprint density at radius 3 is 2.65 bits per heavy atom. The van der Waals surface area contributed by atoms with Crippen molar-refractivity contribution >= 4 is 12.4 Å². The molecule has 0 N–H and O–H groups in total. The zero-order valence-corrected chi connectivity index (χ0v) is 14.5. The molecular formula is C18H25NO4. The SMILES string of the molecule is CN(C(=O)OC(C)(C)C)C(C)(C=O)Cc1ccc2c(c1)CCO2. The predicted molar refractivity (Wildman–Crippen MR) is 87.8 cm³/mol. The second-order valence-corrected chi connectivity index (χ2v) is 7.23. The van der Waals surface area contributed by atoms with Crippen molar-refractivity contribution in [3.63, 3.8) is 0 Å². The molecule has 2 rings (SSSR count). The van der Waals surface area contributed by atoms with E-state index in [0.29, 0.717) is 13.0 Å². The summed E-state index contributed by atoms with van der Waals surface area (Å²) >= 11 is 0. The minimum Gasteiger partial charge on any atom is -0.493 e. The fourth-order valence-electron chi connectivity index (χ4n) is 2.54. The van der Waals surface area contributed by atoms with Crippen LogP contribution >= 0.6 is 0 Å². The summed E-state index contributed by atoms with van der Waals surface area (Å²) in [5, 5.41) is 0. The van der Waals surface area contributed by atoms with Gasteiger partial charge in [0.15, 0.2) is 0 Å². The standard InChI is InChI=1S/C18H25NO4/c1-17(2,3)23-16(21)19(5)18(4,12-20)11-13-6-7-15-14(10-13)8-9-22-15/h6-7,10,12H,8-9,11H2,1-5H3. The molecule has 1 atom stereocenters. The highest BCUT2D eigenvalue weighted by molar-refractivity contribution is 5.76. The number of hydrogen-bond acceptors (Lipinski definition) is 4. The first-order chi connectivity index (χ1) is 10.6. The van der Waals surface area contributed by atoms with Gasteiger partial charge in [0.25, 0.3) is 0 Å². The number of aldehydes is 1. The Balaban J connectivity index is 2.16. The Morgan fingerprint density at radius 2 is 2.04 bits per heavy atom. The first-order valence-electron chi connectivity index (χ1n) is 7.82. The normalized spacial score (nSPS) is 16.0. The smallest absolute Gasteiger partial charge is 0.410 e. The molecule has 0 spiro atoms. The van der Waals surface area contributed by atoms with Gasteiger partial charge in [0, 0.05) is 19.9 Å². The maximum atomic E-state index is 12.3. The first kappa shape index (κ1) is 17.3. The van der Waals surface area contributed by atoms with Crippen LogP contribution in [0.25, 0.3) is 0 Å². The van der Waals surface area contributed by atoms with E-state index in [1.807, 2.05) is 18.2 Å². The molecule has 5 nitrogen and oxygen atoms in total. The third-order valence-corrected chi connectivity index (χ3v) is 4.00. The third kappa shape index (κ3) is 4.03. The van der Waals surface area contributed by atoms with Gasteiger partial charge in [0.2, 0.25) is 0 Å². The van der Waals surface area contributed by atoms with Crippen LogP contribution in [0.1, 0.15) is 38.8 Å². The number of benzene rings is 1. The van der Waals surface area contributed by atoms with E-state index in [4.69, 9.17) is 9.47 Å². The molecule has 1 amide bonds. The quantitative estimate of drug-likeness (QED) is 0.801. The molecule has 0 bridgehead atoms. The molecule has 0 fully saturated rings. The van der Waals surface area contributed by atoms with Crippen molar-refractivity contribution < 1.29 is 19.1 Å². The summed E-state index contributed by atoms with van der Waals surface area (Å²) < 4.78 is 10.9. The first-order valence-corrected chi connectivity index (χ1v) is 7.82. The number of hydrogen-bond donors (Lipinski definition) is 0. The number of amides is 1. The fourth-order valence-corrected chi connectivity index (χ4v) is 2.54. The summed E-state index contributed by atoms with van der Waals surface area (Å²) in [6.45, 7) is 7.85. The summed E-state index contributed by atoms with van der Waals surface area (Å²) in [7, 11) is 1.60. The largest absolute Gasteiger partial charge is 0.493 e. The van der Waals surface area contributed by atoms with E-state index in [1.165, 1.54) is 4.90 Å². The molecule has 1 aromatic rings. The van der Waals surface area contributed by atoms with E-state index in [0.717, 1.165) is 29.6 Å². The molecule has 23 heavy (non-hydrogen) atoms. The van der Waals surface area contributed by atoms with Crippen molar-refractivity contribution in [2.75, 3.05) is 13.7 Å². The predicted octanol–water partition coefficient (Wildman–Crippen LogP) is 2.99. The average molecular weight is 319 g/mol. The van der Waals surface area contributed by atoms with E-state index in [1.54, 1.807) is 34.7 Å². The summed E-state index contributed by atoms with van der Waals surface area (Å²) in [6, 6.07) is 5.91. The second-order valence-electron chi connectivity index (χ2n) is 7.23. The maximum absolute atomic E-state index is 12.3. The number of ether oxygens (including phenoxy) is 2. The molecule has 0 aliphatic carbocycles. The van der Waals surface area contributed by atoms with E-state index in [9.17, 15) is 9.59 Å². The van der Waals surface area contributed by atoms with Crippen LogP contribution in [0.5, 0.6) is 5.75 Å². The van der Waals surface area contributed by atoms with E-state index >= 15 is 0 Å². The highest BCUT2D eigenvalue weighted by Gasteiger charge is 2.35. The van der Waals surface area contributed by atoms with Gasteiger partial charge in [0.1, 0.15) is 23.2 Å². The minimum absolute atomic E-state index is 0.430. The van der Waals surface area contributed by atoms with Gasteiger partial charge in [-0.25, -0.2) is 4.79 Å². The van der Waals surface area contributed by atoms with Gasteiger partial charge >= 0.3 is 6.09 Å². The zero-order chi connectivity index (χ0) is 17.3. The van der Waals surface area contributed by atoms with Crippen LogP contribution in [0.2, 0.25) is 0 Å². The lowest BCUT2D eigenvalue weighted by Gasteiger charge is -2.35. The van der Waals surface area contributed by atoms with Gasteiger partial charge in [-0.05, 0) is 44.9 Å². The number of likely N-dealkylation sites (N-methyl/N-ethyl adjacent to an activating group) is 1. The Kier molecular flexibility index (Phi) is 4.68. The lowest BCUT2D eigenvalue weighted by atomic mass is 9.92. The summed E-state index contributed by atoms with van der Waals surface area (Å²) in [5.74, 6) is 0.905. The molecule has 1 unspecified atom stereocenters. The average Bonchev–Trinajstić information content (AvgIpc) is 2.92. The molecule has 1 aliphatic heterocycles. The molecular weight excluding hydrogens is 294 g/mol. The van der Waals surface area contributed by atoms with E-state index < -0.39 is 17.2 Å². The van der Waals surface area contributed by atoms with Gasteiger partial charge < -0.3 is 14.3 Å². The molecule has 126 valence electrons. The van der Waals surface area contributed by atoms with Crippen LogP contribution in [0.3, 0.4) is 0 Å². The monoisotopic (exact) mass is 319 g/mol.